The summed E-state index contributed by atoms with van der Waals surface area (Å²) in [6.07, 6.45) is 0.414. The Bertz CT molecular complexity index is 677. The molecule has 0 fully saturated rings. The van der Waals surface area contributed by atoms with Crippen LogP contribution in [0.2, 0.25) is 0 Å². The Hall–Kier alpha value is -1.67. The molecule has 2 aromatic rings. The Morgan fingerprint density at radius 1 is 1.15 bits per heavy atom. The van der Waals surface area contributed by atoms with Crippen molar-refractivity contribution in [2.24, 2.45) is 10.9 Å². The number of furan rings is 1. The number of aliphatic hydroxyl groups is 1. The first-order valence-corrected chi connectivity index (χ1v) is 7.56. The van der Waals surface area contributed by atoms with Gasteiger partial charge in [0.05, 0.1) is 10.9 Å². The van der Waals surface area contributed by atoms with Crippen molar-refractivity contribution in [2.45, 2.75) is 17.4 Å². The number of benzene rings is 1. The van der Waals surface area contributed by atoms with E-state index in [1.54, 1.807) is 24.3 Å². The minimum Gasteiger partial charge on any atom is -0.459 e. The fourth-order valence-corrected chi connectivity index (χ4v) is 2.31. The summed E-state index contributed by atoms with van der Waals surface area (Å²) in [6, 6.07) is 9.18. The van der Waals surface area contributed by atoms with Crippen molar-refractivity contribution in [1.82, 2.24) is 0 Å². The van der Waals surface area contributed by atoms with E-state index in [0.29, 0.717) is 17.9 Å². The maximum atomic E-state index is 11.2. The van der Waals surface area contributed by atoms with Crippen molar-refractivity contribution < 1.29 is 17.9 Å². The standard InChI is InChI=1S/C13H16N2O4S/c14-11(7-8-16)13-6-5-12(19-13)9-1-3-10(4-2-9)20(15,17)18/h1-6,11,16H,7-8,14H2,(H2,15,17,18). The Morgan fingerprint density at radius 3 is 2.35 bits per heavy atom. The zero-order valence-electron chi connectivity index (χ0n) is 10.7. The third-order valence-corrected chi connectivity index (χ3v) is 3.83. The molecule has 1 aromatic carbocycles. The molecule has 0 saturated carbocycles. The molecule has 2 rings (SSSR count). The van der Waals surface area contributed by atoms with Crippen LogP contribution in [-0.2, 0) is 10.0 Å². The maximum Gasteiger partial charge on any atom is 0.238 e. The number of sulfonamides is 1. The van der Waals surface area contributed by atoms with E-state index in [1.165, 1.54) is 12.1 Å². The summed E-state index contributed by atoms with van der Waals surface area (Å²) in [4.78, 5) is 0.0463. The first-order valence-electron chi connectivity index (χ1n) is 6.01. The molecule has 5 N–H and O–H groups in total. The van der Waals surface area contributed by atoms with E-state index in [4.69, 9.17) is 20.4 Å². The molecule has 0 radical (unpaired) electrons. The van der Waals surface area contributed by atoms with Crippen LogP contribution in [0.1, 0.15) is 18.2 Å². The largest absolute Gasteiger partial charge is 0.459 e. The highest BCUT2D eigenvalue weighted by atomic mass is 32.2. The molecule has 0 saturated heterocycles. The average molecular weight is 296 g/mol. The maximum absolute atomic E-state index is 11.2. The highest BCUT2D eigenvalue weighted by molar-refractivity contribution is 7.89. The van der Waals surface area contributed by atoms with Gasteiger partial charge in [0.1, 0.15) is 11.5 Å². The van der Waals surface area contributed by atoms with Crippen molar-refractivity contribution in [3.8, 4) is 11.3 Å². The van der Waals surface area contributed by atoms with E-state index in [1.807, 2.05) is 0 Å². The smallest absolute Gasteiger partial charge is 0.238 e. The number of rotatable bonds is 5. The third-order valence-electron chi connectivity index (χ3n) is 2.90. The molecule has 0 aliphatic carbocycles. The van der Waals surface area contributed by atoms with Crippen molar-refractivity contribution in [3.05, 3.63) is 42.2 Å². The SMILES string of the molecule is NC(CCO)c1ccc(-c2ccc(S(N)(=O)=O)cc2)o1. The Balaban J connectivity index is 2.24. The molecular formula is C13H16N2O4S. The molecule has 6 nitrogen and oxygen atoms in total. The fraction of sp³-hybridized carbons (Fsp3) is 0.231. The van der Waals surface area contributed by atoms with E-state index in [2.05, 4.69) is 0 Å². The zero-order chi connectivity index (χ0) is 14.8. The Morgan fingerprint density at radius 2 is 1.80 bits per heavy atom. The van der Waals surface area contributed by atoms with Crippen LogP contribution in [0.3, 0.4) is 0 Å². The van der Waals surface area contributed by atoms with Gasteiger partial charge in [-0.3, -0.25) is 0 Å². The molecule has 1 aromatic heterocycles. The summed E-state index contributed by atoms with van der Waals surface area (Å²) in [7, 11) is -3.70. The van der Waals surface area contributed by atoms with Gasteiger partial charge >= 0.3 is 0 Å². The molecule has 1 unspecified atom stereocenters. The van der Waals surface area contributed by atoms with E-state index in [-0.39, 0.29) is 17.5 Å². The third kappa shape index (κ3) is 3.26. The van der Waals surface area contributed by atoms with Crippen molar-refractivity contribution in [1.29, 1.82) is 0 Å². The van der Waals surface area contributed by atoms with E-state index in [0.717, 1.165) is 5.56 Å². The second-order valence-electron chi connectivity index (χ2n) is 4.39. The van der Waals surface area contributed by atoms with Gasteiger partial charge in [-0.2, -0.15) is 0 Å². The minimum atomic E-state index is -3.70. The summed E-state index contributed by atoms with van der Waals surface area (Å²) in [5.41, 5.74) is 6.55. The summed E-state index contributed by atoms with van der Waals surface area (Å²) in [6.45, 7) is -0.0136. The first kappa shape index (κ1) is 14.7. The van der Waals surface area contributed by atoms with Crippen LogP contribution in [0.15, 0.2) is 45.7 Å². The van der Waals surface area contributed by atoms with E-state index >= 15 is 0 Å². The van der Waals surface area contributed by atoms with Gasteiger partial charge in [0, 0.05) is 12.2 Å². The van der Waals surface area contributed by atoms with Gasteiger partial charge in [0.2, 0.25) is 10.0 Å². The number of nitrogens with two attached hydrogens (primary N) is 2. The van der Waals surface area contributed by atoms with Crippen LogP contribution < -0.4 is 10.9 Å². The lowest BCUT2D eigenvalue weighted by Gasteiger charge is -2.05. The molecule has 0 bridgehead atoms. The molecule has 0 amide bonds. The van der Waals surface area contributed by atoms with Gasteiger partial charge in [-0.15, -0.1) is 0 Å². The second-order valence-corrected chi connectivity index (χ2v) is 5.95. The van der Waals surface area contributed by atoms with Crippen LogP contribution in [0.5, 0.6) is 0 Å². The highest BCUT2D eigenvalue weighted by Crippen LogP contribution is 2.26. The summed E-state index contributed by atoms with van der Waals surface area (Å²) >= 11 is 0. The van der Waals surface area contributed by atoms with E-state index in [9.17, 15) is 8.42 Å². The van der Waals surface area contributed by atoms with Crippen LogP contribution in [0.4, 0.5) is 0 Å². The van der Waals surface area contributed by atoms with Gasteiger partial charge in [-0.25, -0.2) is 13.6 Å². The first-order chi connectivity index (χ1) is 9.41. The highest BCUT2D eigenvalue weighted by Gasteiger charge is 2.12. The lowest BCUT2D eigenvalue weighted by Crippen LogP contribution is -2.11. The van der Waals surface area contributed by atoms with Crippen molar-refractivity contribution >= 4 is 10.0 Å². The molecule has 0 aliphatic heterocycles. The predicted molar refractivity (Wildman–Crippen MR) is 74.1 cm³/mol. The van der Waals surface area contributed by atoms with Gasteiger partial charge in [0.25, 0.3) is 0 Å². The second kappa shape index (κ2) is 5.76. The summed E-state index contributed by atoms with van der Waals surface area (Å²) in [5.74, 6) is 1.15. The minimum absolute atomic E-state index is 0.0136. The van der Waals surface area contributed by atoms with Crippen LogP contribution in [0, 0.1) is 0 Å². The predicted octanol–water partition coefficient (Wildman–Crippen LogP) is 0.976. The Labute approximate surface area is 117 Å². The van der Waals surface area contributed by atoms with Gasteiger partial charge < -0.3 is 15.3 Å². The number of primary sulfonamides is 1. The molecule has 1 heterocycles. The lowest BCUT2D eigenvalue weighted by atomic mass is 10.1. The van der Waals surface area contributed by atoms with Crippen LogP contribution in [0.25, 0.3) is 11.3 Å². The zero-order valence-corrected chi connectivity index (χ0v) is 11.5. The molecule has 7 heteroatoms. The lowest BCUT2D eigenvalue weighted by molar-refractivity contribution is 0.269. The van der Waals surface area contributed by atoms with Crippen LogP contribution >= 0.6 is 0 Å². The monoisotopic (exact) mass is 296 g/mol. The van der Waals surface area contributed by atoms with Crippen molar-refractivity contribution in [2.75, 3.05) is 6.61 Å². The van der Waals surface area contributed by atoms with Gasteiger partial charge in [-0.05, 0) is 42.8 Å². The number of aliphatic hydroxyl groups excluding tert-OH is 1. The van der Waals surface area contributed by atoms with Gasteiger partial charge in [-0.1, -0.05) is 0 Å². The van der Waals surface area contributed by atoms with Gasteiger partial charge in [0.15, 0.2) is 0 Å². The Kier molecular flexibility index (Phi) is 4.24. The topological polar surface area (TPSA) is 120 Å². The quantitative estimate of drug-likeness (QED) is 0.759. The van der Waals surface area contributed by atoms with E-state index < -0.39 is 10.0 Å². The molecule has 108 valence electrons. The number of hydrogen-bond acceptors (Lipinski definition) is 5. The summed E-state index contributed by atoms with van der Waals surface area (Å²) in [5, 5.41) is 13.9. The molecule has 20 heavy (non-hydrogen) atoms. The molecule has 1 atom stereocenters. The van der Waals surface area contributed by atoms with Crippen molar-refractivity contribution in [3.63, 3.8) is 0 Å². The number of hydrogen-bond donors (Lipinski definition) is 3. The fourth-order valence-electron chi connectivity index (χ4n) is 1.80. The summed E-state index contributed by atoms with van der Waals surface area (Å²) < 4.78 is 27.9. The molecule has 0 aliphatic rings. The molecular weight excluding hydrogens is 280 g/mol. The average Bonchev–Trinajstić information content (AvgIpc) is 2.88. The van der Waals surface area contributed by atoms with Crippen LogP contribution in [-0.4, -0.2) is 20.1 Å². The normalized spacial score (nSPS) is 13.3. The molecule has 0 spiro atoms.